The number of hydrogen-bond acceptors (Lipinski definition) is 5. The highest BCUT2D eigenvalue weighted by Gasteiger charge is 2.53. The number of carbonyl (C=O) groups excluding carboxylic acids is 1. The minimum absolute atomic E-state index is 0.0498. The molecule has 1 aromatic rings. The van der Waals surface area contributed by atoms with Crippen molar-refractivity contribution < 1.29 is 9.42 Å². The Kier molecular flexibility index (Phi) is 1.92. The summed E-state index contributed by atoms with van der Waals surface area (Å²) >= 11 is 0. The summed E-state index contributed by atoms with van der Waals surface area (Å²) in [6.07, 6.45) is 5.07. The van der Waals surface area contributed by atoms with Gasteiger partial charge in [0.25, 0.3) is 5.91 Å². The largest absolute Gasteiger partial charge is 0.379 e. The van der Waals surface area contributed by atoms with E-state index in [1.807, 2.05) is 0 Å². The van der Waals surface area contributed by atoms with Crippen molar-refractivity contribution >= 4 is 11.7 Å². The number of amides is 1. The molecule has 2 aliphatic rings. The Morgan fingerprint density at radius 2 is 2.25 bits per heavy atom. The van der Waals surface area contributed by atoms with Gasteiger partial charge in [0.15, 0.2) is 0 Å². The van der Waals surface area contributed by atoms with Gasteiger partial charge in [0.1, 0.15) is 0 Å². The van der Waals surface area contributed by atoms with E-state index in [0.717, 1.165) is 12.5 Å². The molecule has 6 nitrogen and oxygen atoms in total. The van der Waals surface area contributed by atoms with Crippen LogP contribution >= 0.6 is 0 Å². The van der Waals surface area contributed by atoms with E-state index in [-0.39, 0.29) is 17.4 Å². The molecule has 2 fully saturated rings. The summed E-state index contributed by atoms with van der Waals surface area (Å²) in [6, 6.07) is 0. The van der Waals surface area contributed by atoms with Crippen molar-refractivity contribution in [2.24, 2.45) is 11.3 Å². The van der Waals surface area contributed by atoms with Crippen LogP contribution < -0.4 is 11.1 Å². The first-order valence-electron chi connectivity index (χ1n) is 5.57. The summed E-state index contributed by atoms with van der Waals surface area (Å²) in [7, 11) is 0. The van der Waals surface area contributed by atoms with Crippen LogP contribution in [0.2, 0.25) is 0 Å². The molecule has 1 aromatic heterocycles. The van der Waals surface area contributed by atoms with Crippen molar-refractivity contribution in [3.63, 3.8) is 0 Å². The predicted molar refractivity (Wildman–Crippen MR) is 55.4 cm³/mol. The number of nitrogens with two attached hydrogens (primary N) is 1. The molecule has 3 N–H and O–H groups in total. The Balaban J connectivity index is 1.59. The molecule has 6 heteroatoms. The minimum atomic E-state index is -0.286. The molecule has 0 atom stereocenters. The van der Waals surface area contributed by atoms with Gasteiger partial charge < -0.3 is 11.1 Å². The van der Waals surface area contributed by atoms with E-state index in [1.165, 1.54) is 25.7 Å². The van der Waals surface area contributed by atoms with Crippen LogP contribution in [0.25, 0.3) is 0 Å². The third kappa shape index (κ3) is 1.54. The van der Waals surface area contributed by atoms with Crippen molar-refractivity contribution in [1.29, 1.82) is 0 Å². The van der Waals surface area contributed by atoms with Gasteiger partial charge in [0, 0.05) is 6.54 Å². The number of rotatable bonds is 4. The van der Waals surface area contributed by atoms with Crippen LogP contribution in [-0.2, 0) is 0 Å². The van der Waals surface area contributed by atoms with Crippen molar-refractivity contribution in [2.45, 2.75) is 25.7 Å². The van der Waals surface area contributed by atoms with E-state index in [1.54, 1.807) is 0 Å². The molecule has 16 heavy (non-hydrogen) atoms. The first kappa shape index (κ1) is 9.62. The zero-order valence-corrected chi connectivity index (χ0v) is 8.90. The van der Waals surface area contributed by atoms with Gasteiger partial charge in [-0.2, -0.15) is 0 Å². The molecule has 0 saturated heterocycles. The highest BCUT2D eigenvalue weighted by Crippen LogP contribution is 2.60. The molecule has 0 aliphatic heterocycles. The number of aromatic nitrogens is 2. The van der Waals surface area contributed by atoms with Crippen LogP contribution in [0.15, 0.2) is 4.63 Å². The van der Waals surface area contributed by atoms with Gasteiger partial charge in [0.2, 0.25) is 11.5 Å². The highest BCUT2D eigenvalue weighted by atomic mass is 16.6. The van der Waals surface area contributed by atoms with Crippen molar-refractivity contribution in [3.8, 4) is 0 Å². The average Bonchev–Trinajstić information content (AvgIpc) is 3.14. The number of nitrogens with zero attached hydrogens (tertiary/aromatic N) is 2. The van der Waals surface area contributed by atoms with Gasteiger partial charge in [-0.15, -0.1) is 0 Å². The van der Waals surface area contributed by atoms with E-state index in [4.69, 9.17) is 5.73 Å². The molecule has 0 radical (unpaired) electrons. The molecular formula is C10H14N4O2. The van der Waals surface area contributed by atoms with E-state index < -0.39 is 0 Å². The maximum Gasteiger partial charge on any atom is 0.277 e. The number of nitrogens with one attached hydrogen (secondary N) is 1. The number of nitrogen functional groups attached to an aromatic ring is 1. The molecule has 0 unspecified atom stereocenters. The van der Waals surface area contributed by atoms with Gasteiger partial charge in [-0.3, -0.25) is 4.79 Å². The SMILES string of the molecule is Nc1nonc1C(=O)NCC1(C2CC2)CC1. The minimum Gasteiger partial charge on any atom is -0.379 e. The Morgan fingerprint density at radius 1 is 1.50 bits per heavy atom. The van der Waals surface area contributed by atoms with Gasteiger partial charge in [0.05, 0.1) is 0 Å². The molecule has 0 spiro atoms. The standard InChI is InChI=1S/C10H14N4O2/c11-8-7(13-16-14-8)9(15)12-5-10(3-4-10)6-1-2-6/h6H,1-5H2,(H2,11,14)(H,12,15). The summed E-state index contributed by atoms with van der Waals surface area (Å²) in [5, 5.41) is 9.72. The van der Waals surface area contributed by atoms with Gasteiger partial charge in [-0.1, -0.05) is 0 Å². The summed E-state index contributed by atoms with van der Waals surface area (Å²) in [5.41, 5.74) is 5.91. The maximum absolute atomic E-state index is 11.7. The van der Waals surface area contributed by atoms with E-state index in [0.29, 0.717) is 5.41 Å². The summed E-state index contributed by atoms with van der Waals surface area (Å²) < 4.78 is 4.39. The van der Waals surface area contributed by atoms with Crippen LogP contribution in [-0.4, -0.2) is 22.8 Å². The van der Waals surface area contributed by atoms with Gasteiger partial charge >= 0.3 is 0 Å². The number of carbonyl (C=O) groups is 1. The van der Waals surface area contributed by atoms with Crippen LogP contribution in [0.1, 0.15) is 36.2 Å². The van der Waals surface area contributed by atoms with E-state index >= 15 is 0 Å². The second-order valence-corrected chi connectivity index (χ2v) is 4.82. The Morgan fingerprint density at radius 3 is 2.75 bits per heavy atom. The average molecular weight is 222 g/mol. The second kappa shape index (κ2) is 3.20. The lowest BCUT2D eigenvalue weighted by atomic mass is 10.0. The van der Waals surface area contributed by atoms with Crippen molar-refractivity contribution in [1.82, 2.24) is 15.6 Å². The zero-order chi connectivity index (χ0) is 11.2. The van der Waals surface area contributed by atoms with Crippen LogP contribution in [0.4, 0.5) is 5.82 Å². The molecule has 0 bridgehead atoms. The monoisotopic (exact) mass is 222 g/mol. The normalized spacial score (nSPS) is 21.8. The fourth-order valence-electron chi connectivity index (χ4n) is 2.28. The lowest BCUT2D eigenvalue weighted by Gasteiger charge is -2.13. The molecule has 1 heterocycles. The summed E-state index contributed by atoms with van der Waals surface area (Å²) in [5.74, 6) is 0.583. The van der Waals surface area contributed by atoms with Crippen LogP contribution in [0.5, 0.6) is 0 Å². The first-order valence-corrected chi connectivity index (χ1v) is 5.57. The third-order valence-electron chi connectivity index (χ3n) is 3.67. The molecule has 86 valence electrons. The molecule has 0 aromatic carbocycles. The Bertz CT molecular complexity index is 420. The van der Waals surface area contributed by atoms with Crippen molar-refractivity contribution in [2.75, 3.05) is 12.3 Å². The predicted octanol–water partition coefficient (Wildman–Crippen LogP) is 0.572. The molecular weight excluding hydrogens is 208 g/mol. The third-order valence-corrected chi connectivity index (χ3v) is 3.67. The fraction of sp³-hybridized carbons (Fsp3) is 0.700. The molecule has 2 saturated carbocycles. The lowest BCUT2D eigenvalue weighted by Crippen LogP contribution is -2.31. The fourth-order valence-corrected chi connectivity index (χ4v) is 2.28. The van der Waals surface area contributed by atoms with E-state index in [2.05, 4.69) is 20.3 Å². The van der Waals surface area contributed by atoms with E-state index in [9.17, 15) is 4.79 Å². The van der Waals surface area contributed by atoms with Crippen LogP contribution in [0, 0.1) is 11.3 Å². The number of hydrogen-bond donors (Lipinski definition) is 2. The maximum atomic E-state index is 11.7. The lowest BCUT2D eigenvalue weighted by molar-refractivity contribution is 0.0933. The van der Waals surface area contributed by atoms with Gasteiger partial charge in [-0.05, 0) is 47.3 Å². The summed E-state index contributed by atoms with van der Waals surface area (Å²) in [4.78, 5) is 11.7. The van der Waals surface area contributed by atoms with Gasteiger partial charge in [-0.25, -0.2) is 4.63 Å². The number of anilines is 1. The smallest absolute Gasteiger partial charge is 0.277 e. The Hall–Kier alpha value is -1.59. The topological polar surface area (TPSA) is 94.0 Å². The second-order valence-electron chi connectivity index (χ2n) is 4.82. The summed E-state index contributed by atoms with van der Waals surface area (Å²) in [6.45, 7) is 0.725. The zero-order valence-electron chi connectivity index (χ0n) is 8.90. The highest BCUT2D eigenvalue weighted by molar-refractivity contribution is 5.96. The Labute approximate surface area is 92.5 Å². The molecule has 1 amide bonds. The van der Waals surface area contributed by atoms with Crippen molar-refractivity contribution in [3.05, 3.63) is 5.69 Å². The van der Waals surface area contributed by atoms with Crippen LogP contribution in [0.3, 0.4) is 0 Å². The first-order chi connectivity index (χ1) is 7.71. The quantitative estimate of drug-likeness (QED) is 0.776. The molecule has 2 aliphatic carbocycles. The molecule has 3 rings (SSSR count).